The van der Waals surface area contributed by atoms with Crippen molar-refractivity contribution in [1.82, 2.24) is 10.2 Å². The first-order chi connectivity index (χ1) is 13.7. The zero-order valence-corrected chi connectivity index (χ0v) is 21.9. The maximum Gasteiger partial charge on any atom is 0.194 e. The minimum absolute atomic E-state index is 0. The minimum atomic E-state index is -3.08. The normalized spacial score (nSPS) is 17.8. The summed E-state index contributed by atoms with van der Waals surface area (Å²) in [7, 11) is -3.08. The topological polar surface area (TPSA) is 80.2 Å². The Balaban J connectivity index is 0.00000450. The first kappa shape index (κ1) is 26.8. The summed E-state index contributed by atoms with van der Waals surface area (Å²) in [5.74, 6) is 2.44. The molecule has 1 fully saturated rings. The summed E-state index contributed by atoms with van der Waals surface area (Å²) in [5, 5.41) is 3.30. The first-order valence-corrected chi connectivity index (χ1v) is 12.0. The molecule has 1 heterocycles. The lowest BCUT2D eigenvalue weighted by Gasteiger charge is -2.39. The molecule has 1 aromatic rings. The van der Waals surface area contributed by atoms with E-state index in [4.69, 9.17) is 14.5 Å². The van der Waals surface area contributed by atoms with Crippen molar-refractivity contribution in [3.05, 3.63) is 23.8 Å². The Morgan fingerprint density at radius 3 is 2.43 bits per heavy atom. The van der Waals surface area contributed by atoms with Gasteiger partial charge in [0.1, 0.15) is 0 Å². The Hall–Kier alpha value is -1.23. The Bertz CT molecular complexity index is 812. The summed E-state index contributed by atoms with van der Waals surface area (Å²) in [5.41, 5.74) is 1.12. The Labute approximate surface area is 198 Å². The van der Waals surface area contributed by atoms with Gasteiger partial charge in [-0.15, -0.1) is 24.0 Å². The summed E-state index contributed by atoms with van der Waals surface area (Å²) in [6, 6.07) is 5.98. The van der Waals surface area contributed by atoms with Crippen LogP contribution in [0.2, 0.25) is 0 Å². The standard InChI is InChI=1S/C21H35N3O4S.HI/c1-6-22-20(24-13-14-29(25,26)21(4,5)16-24)23-12-11-17-9-10-18(27-7-2)19(15-17)28-8-3;/h9-10,15H,6-8,11-14,16H2,1-5H3,(H,22,23);1H. The van der Waals surface area contributed by atoms with Gasteiger partial charge in [0, 0.05) is 26.2 Å². The van der Waals surface area contributed by atoms with Gasteiger partial charge in [0.2, 0.25) is 0 Å². The van der Waals surface area contributed by atoms with Crippen molar-refractivity contribution in [2.24, 2.45) is 4.99 Å². The van der Waals surface area contributed by atoms with Gasteiger partial charge in [-0.3, -0.25) is 4.99 Å². The van der Waals surface area contributed by atoms with Crippen LogP contribution in [0.5, 0.6) is 11.5 Å². The van der Waals surface area contributed by atoms with E-state index in [9.17, 15) is 8.42 Å². The number of hydrogen-bond donors (Lipinski definition) is 1. The van der Waals surface area contributed by atoms with Gasteiger partial charge in [-0.25, -0.2) is 8.42 Å². The number of nitrogens with zero attached hydrogens (tertiary/aromatic N) is 2. The van der Waals surface area contributed by atoms with Crippen molar-refractivity contribution in [2.75, 3.05) is 45.1 Å². The predicted molar refractivity (Wildman–Crippen MR) is 133 cm³/mol. The summed E-state index contributed by atoms with van der Waals surface area (Å²) >= 11 is 0. The van der Waals surface area contributed by atoms with Crippen molar-refractivity contribution in [3.63, 3.8) is 0 Å². The van der Waals surface area contributed by atoms with Crippen molar-refractivity contribution in [1.29, 1.82) is 0 Å². The van der Waals surface area contributed by atoms with Crippen LogP contribution in [0, 0.1) is 0 Å². The molecule has 2 rings (SSSR count). The molecule has 0 spiro atoms. The summed E-state index contributed by atoms with van der Waals surface area (Å²) in [4.78, 5) is 6.79. The third-order valence-electron chi connectivity index (χ3n) is 4.95. The number of rotatable bonds is 8. The lowest BCUT2D eigenvalue weighted by atomic mass is 10.1. The molecule has 1 saturated heterocycles. The molecule has 30 heavy (non-hydrogen) atoms. The molecule has 0 amide bonds. The van der Waals surface area contributed by atoms with Gasteiger partial charge in [-0.1, -0.05) is 6.07 Å². The zero-order valence-electron chi connectivity index (χ0n) is 18.7. The van der Waals surface area contributed by atoms with Crippen molar-refractivity contribution >= 4 is 39.8 Å². The molecular weight excluding hydrogens is 517 g/mol. The molecule has 1 aliphatic heterocycles. The average Bonchev–Trinajstić information content (AvgIpc) is 2.66. The SMILES string of the molecule is CCNC(=NCCc1ccc(OCC)c(OCC)c1)N1CCS(=O)(=O)C(C)(C)C1.I. The minimum Gasteiger partial charge on any atom is -0.490 e. The van der Waals surface area contributed by atoms with E-state index in [1.807, 2.05) is 43.9 Å². The van der Waals surface area contributed by atoms with Crippen LogP contribution in [-0.4, -0.2) is 69.2 Å². The number of guanidine groups is 1. The smallest absolute Gasteiger partial charge is 0.194 e. The van der Waals surface area contributed by atoms with E-state index in [2.05, 4.69) is 5.32 Å². The van der Waals surface area contributed by atoms with Crippen molar-refractivity contribution in [3.8, 4) is 11.5 Å². The molecule has 0 bridgehead atoms. The molecule has 1 N–H and O–H groups in total. The fraction of sp³-hybridized carbons (Fsp3) is 0.667. The zero-order chi connectivity index (χ0) is 21.5. The molecule has 0 unspecified atom stereocenters. The molecule has 9 heteroatoms. The molecule has 0 atom stereocenters. The van der Waals surface area contributed by atoms with Gasteiger partial charge in [-0.05, 0) is 58.7 Å². The van der Waals surface area contributed by atoms with Crippen LogP contribution >= 0.6 is 24.0 Å². The second kappa shape index (κ2) is 12.0. The van der Waals surface area contributed by atoms with E-state index in [-0.39, 0.29) is 29.7 Å². The fourth-order valence-electron chi connectivity index (χ4n) is 3.29. The van der Waals surface area contributed by atoms with E-state index in [1.54, 1.807) is 13.8 Å². The van der Waals surface area contributed by atoms with Crippen LogP contribution in [0.25, 0.3) is 0 Å². The highest BCUT2D eigenvalue weighted by molar-refractivity contribution is 14.0. The second-order valence-electron chi connectivity index (χ2n) is 7.63. The number of aliphatic imine (C=N–C) groups is 1. The summed E-state index contributed by atoms with van der Waals surface area (Å²) in [6.45, 7) is 12.9. The first-order valence-electron chi connectivity index (χ1n) is 10.4. The Morgan fingerprint density at radius 2 is 1.83 bits per heavy atom. The van der Waals surface area contributed by atoms with Crippen LogP contribution in [0.3, 0.4) is 0 Å². The van der Waals surface area contributed by atoms with Crippen LogP contribution in [0.15, 0.2) is 23.2 Å². The predicted octanol–water partition coefficient (Wildman–Crippen LogP) is 3.12. The van der Waals surface area contributed by atoms with Crippen LogP contribution in [0.4, 0.5) is 0 Å². The molecule has 0 saturated carbocycles. The largest absolute Gasteiger partial charge is 0.490 e. The number of sulfone groups is 1. The fourth-order valence-corrected chi connectivity index (χ4v) is 4.66. The van der Waals surface area contributed by atoms with Gasteiger partial charge >= 0.3 is 0 Å². The Kier molecular flexibility index (Phi) is 10.7. The van der Waals surface area contributed by atoms with Crippen molar-refractivity contribution in [2.45, 2.75) is 45.8 Å². The maximum absolute atomic E-state index is 12.3. The summed E-state index contributed by atoms with van der Waals surface area (Å²) in [6.07, 6.45) is 0.761. The molecule has 0 aromatic heterocycles. The van der Waals surface area contributed by atoms with Crippen molar-refractivity contribution < 1.29 is 17.9 Å². The molecule has 0 aliphatic carbocycles. The highest BCUT2D eigenvalue weighted by Crippen LogP contribution is 2.29. The van der Waals surface area contributed by atoms with Crippen LogP contribution < -0.4 is 14.8 Å². The summed E-state index contributed by atoms with van der Waals surface area (Å²) < 4.78 is 35.1. The molecule has 172 valence electrons. The van der Waals surface area contributed by atoms with Gasteiger partial charge < -0.3 is 19.7 Å². The van der Waals surface area contributed by atoms with Crippen LogP contribution in [0.1, 0.15) is 40.2 Å². The molecule has 7 nitrogen and oxygen atoms in total. The number of hydrogen-bond acceptors (Lipinski definition) is 5. The lowest BCUT2D eigenvalue weighted by molar-refractivity contribution is 0.287. The molecule has 1 aromatic carbocycles. The highest BCUT2D eigenvalue weighted by atomic mass is 127. The molecular formula is C21H36IN3O4S. The number of halogens is 1. The van der Waals surface area contributed by atoms with E-state index in [0.29, 0.717) is 32.8 Å². The molecule has 0 radical (unpaired) electrons. The van der Waals surface area contributed by atoms with Gasteiger partial charge in [0.05, 0.1) is 23.7 Å². The van der Waals surface area contributed by atoms with E-state index >= 15 is 0 Å². The maximum atomic E-state index is 12.3. The lowest BCUT2D eigenvalue weighted by Crippen LogP contribution is -2.57. The highest BCUT2D eigenvalue weighted by Gasteiger charge is 2.40. The third-order valence-corrected chi connectivity index (χ3v) is 7.48. The third kappa shape index (κ3) is 6.90. The van der Waals surface area contributed by atoms with E-state index < -0.39 is 14.6 Å². The van der Waals surface area contributed by atoms with E-state index in [1.165, 1.54) is 0 Å². The van der Waals surface area contributed by atoms with E-state index in [0.717, 1.165) is 36.0 Å². The monoisotopic (exact) mass is 553 g/mol. The quantitative estimate of drug-likeness (QED) is 0.303. The average molecular weight is 554 g/mol. The van der Waals surface area contributed by atoms with Gasteiger partial charge in [0.15, 0.2) is 27.3 Å². The van der Waals surface area contributed by atoms with Gasteiger partial charge in [-0.2, -0.15) is 0 Å². The number of ether oxygens (including phenoxy) is 2. The number of benzene rings is 1. The molecule has 1 aliphatic rings. The number of nitrogens with one attached hydrogen (secondary N) is 1. The second-order valence-corrected chi connectivity index (χ2v) is 10.4. The Morgan fingerprint density at radius 1 is 1.17 bits per heavy atom. The van der Waals surface area contributed by atoms with Gasteiger partial charge in [0.25, 0.3) is 0 Å². The van der Waals surface area contributed by atoms with Crippen LogP contribution in [-0.2, 0) is 16.3 Å².